The average molecular weight is 1530 g/mol. The lowest BCUT2D eigenvalue weighted by Gasteiger charge is -2.49. The predicted molar refractivity (Wildman–Crippen MR) is 422 cm³/mol. The van der Waals surface area contributed by atoms with Crippen molar-refractivity contribution in [2.24, 2.45) is 73.2 Å². The minimum atomic E-state index is -1.21. The number of alkyl carbamates (subject to hydrolysis) is 1. The van der Waals surface area contributed by atoms with Gasteiger partial charge in [0.2, 0.25) is 0 Å². The normalized spacial score (nSPS) is 31.0. The Labute approximate surface area is 656 Å². The number of nitriles is 3. The summed E-state index contributed by atoms with van der Waals surface area (Å²) >= 11 is 5.03. The summed E-state index contributed by atoms with van der Waals surface area (Å²) in [5.41, 5.74) is 16.4. The Morgan fingerprint density at radius 2 is 0.982 bits per heavy atom. The lowest BCUT2D eigenvalue weighted by molar-refractivity contribution is -0.159. The first kappa shape index (κ1) is 83.5. The number of esters is 1. The number of carbonyl (C=O) groups excluding carboxylic acids is 4. The highest BCUT2D eigenvalue weighted by molar-refractivity contribution is 7.80. The Balaban J connectivity index is 0.000000149. The molecule has 3 aromatic rings. The molecule has 3 saturated heterocycles. The van der Waals surface area contributed by atoms with Gasteiger partial charge in [0, 0.05) is 96.8 Å². The van der Waals surface area contributed by atoms with Gasteiger partial charge in [0.1, 0.15) is 17.0 Å². The lowest BCUT2D eigenvalue weighted by atomic mass is 9.58. The van der Waals surface area contributed by atoms with Crippen molar-refractivity contribution in [3.8, 4) is 18.2 Å². The largest absolute Gasteiger partial charge is 0.464 e. The maximum atomic E-state index is 14.5. The zero-order chi connectivity index (χ0) is 79.0. The molecule has 0 aromatic heterocycles. The van der Waals surface area contributed by atoms with Gasteiger partial charge in [0.15, 0.2) is 22.1 Å². The molecule has 11 aliphatic rings. The fourth-order valence-electron chi connectivity index (χ4n) is 20.9. The number of hydrogen-bond donors (Lipinski definition) is 4. The summed E-state index contributed by atoms with van der Waals surface area (Å²) in [5, 5.41) is 34.4. The van der Waals surface area contributed by atoms with Gasteiger partial charge in [-0.2, -0.15) is 15.8 Å². The zero-order valence-electron chi connectivity index (χ0n) is 66.9. The Morgan fingerprint density at radius 3 is 1.41 bits per heavy atom. The number of amidine groups is 1. The number of nitrogens with zero attached hydrogens (tertiary/aromatic N) is 7. The molecule has 23 nitrogen and oxygen atoms in total. The van der Waals surface area contributed by atoms with Crippen LogP contribution in [0.3, 0.4) is 0 Å². The van der Waals surface area contributed by atoms with Crippen molar-refractivity contribution in [2.45, 2.75) is 231 Å². The van der Waals surface area contributed by atoms with E-state index < -0.39 is 28.3 Å². The molecule has 6 fully saturated rings. The molecular formula is C86H119N11O12S. The smallest absolute Gasteiger partial charge is 0.413 e. The molecule has 5 spiro atoms. The molecule has 6 N–H and O–H groups in total. The summed E-state index contributed by atoms with van der Waals surface area (Å²) in [6.45, 7) is 22.7. The number of aliphatic imine (C=N–C) groups is 2. The third-order valence-electron chi connectivity index (χ3n) is 26.7. The number of nitrogens with one attached hydrogen (secondary N) is 2. The fourth-order valence-corrected chi connectivity index (χ4v) is 21.1. The molecule has 5 heterocycles. The molecule has 0 unspecified atom stereocenters. The third-order valence-corrected chi connectivity index (χ3v) is 26.9. The Hall–Kier alpha value is -7.44. The number of nitrogens with two attached hydrogens (primary N) is 2. The van der Waals surface area contributed by atoms with E-state index in [2.05, 4.69) is 55.7 Å². The SMILES string of the molecule is CC(C)(C)OC(=O)NC(=S)NCC1CCOCC1.CCOC(=O)[C@]1(N)c2cc(C#N)ccc2C[C@]12CC[C@@H](OC)[C@H](CC)C2.CC[C@@H]1C[C@]2(CC[C@H]1OC)Cc1ccc(C#N)cc1[C@]21N=C(C)N(CC2CCOCC2)C1=O.CC[C@@H]1C[C@]2(CC[C@H]1OC)Cc1ccc(C#N)cc1[C@]21N=C(N)N(CC2CCOCC2)C1=O. The van der Waals surface area contributed by atoms with E-state index in [1.165, 1.54) is 5.56 Å². The second kappa shape index (κ2) is 35.3. The summed E-state index contributed by atoms with van der Waals surface area (Å²) in [6, 6.07) is 23.9. The Kier molecular flexibility index (Phi) is 26.8. The van der Waals surface area contributed by atoms with Gasteiger partial charge in [-0.25, -0.2) is 14.6 Å². The first-order chi connectivity index (χ1) is 52.8. The minimum absolute atomic E-state index is 0.00829. The van der Waals surface area contributed by atoms with Gasteiger partial charge >= 0.3 is 12.1 Å². The fraction of sp³-hybridized carbons (Fsp3) is 0.674. The van der Waals surface area contributed by atoms with Crippen LogP contribution < -0.4 is 22.1 Å². The van der Waals surface area contributed by atoms with Crippen LogP contribution in [0.1, 0.15) is 221 Å². The van der Waals surface area contributed by atoms with E-state index in [4.69, 9.17) is 71.6 Å². The van der Waals surface area contributed by atoms with E-state index in [-0.39, 0.29) is 52.3 Å². The minimum Gasteiger partial charge on any atom is -0.464 e. The number of ether oxygens (including phenoxy) is 8. The number of carbonyl (C=O) groups is 4. The summed E-state index contributed by atoms with van der Waals surface area (Å²) in [7, 11) is 5.35. The average Bonchev–Trinajstić information content (AvgIpc) is 1.53. The van der Waals surface area contributed by atoms with E-state index in [0.29, 0.717) is 83.0 Å². The Morgan fingerprint density at radius 1 is 0.591 bits per heavy atom. The number of hydrogen-bond acceptors (Lipinski definition) is 20. The topological polar surface area (TPSA) is 321 Å². The molecule has 12 atom stereocenters. The molecule has 0 radical (unpaired) electrons. The molecule has 596 valence electrons. The van der Waals surface area contributed by atoms with E-state index in [0.717, 1.165) is 215 Å². The van der Waals surface area contributed by atoms with E-state index in [9.17, 15) is 35.0 Å². The van der Waals surface area contributed by atoms with Gasteiger partial charge in [0.05, 0.1) is 59.8 Å². The van der Waals surface area contributed by atoms with Crippen LogP contribution in [-0.2, 0) is 88.2 Å². The number of amides is 3. The van der Waals surface area contributed by atoms with Crippen molar-refractivity contribution in [1.29, 1.82) is 15.8 Å². The van der Waals surface area contributed by atoms with E-state index >= 15 is 0 Å². The van der Waals surface area contributed by atoms with Gasteiger partial charge < -0.3 is 54.7 Å². The van der Waals surface area contributed by atoms with Crippen molar-refractivity contribution in [2.75, 3.05) is 87.2 Å². The number of fused-ring (bicyclic) bond motifs is 7. The van der Waals surface area contributed by atoms with Crippen molar-refractivity contribution in [3.63, 3.8) is 0 Å². The zero-order valence-corrected chi connectivity index (χ0v) is 67.7. The first-order valence-corrected chi connectivity index (χ1v) is 40.9. The van der Waals surface area contributed by atoms with Crippen LogP contribution in [0.4, 0.5) is 4.79 Å². The maximum Gasteiger partial charge on any atom is 0.413 e. The van der Waals surface area contributed by atoms with Crippen molar-refractivity contribution < 1.29 is 57.1 Å². The van der Waals surface area contributed by atoms with Crippen molar-refractivity contribution >= 4 is 53.0 Å². The van der Waals surface area contributed by atoms with Gasteiger partial charge in [-0.1, -0.05) is 58.2 Å². The van der Waals surface area contributed by atoms with Crippen LogP contribution in [0.5, 0.6) is 0 Å². The molecule has 6 aliphatic carbocycles. The molecule has 3 aromatic carbocycles. The molecule has 24 heteroatoms. The molecule has 3 saturated carbocycles. The van der Waals surface area contributed by atoms with Crippen molar-refractivity contribution in [1.82, 2.24) is 20.4 Å². The summed E-state index contributed by atoms with van der Waals surface area (Å²) < 4.78 is 44.2. The summed E-state index contributed by atoms with van der Waals surface area (Å²) in [5.74, 6) is 3.35. The van der Waals surface area contributed by atoms with Crippen molar-refractivity contribution in [3.05, 3.63) is 105 Å². The molecule has 3 amide bonds. The molecule has 110 heavy (non-hydrogen) atoms. The van der Waals surface area contributed by atoms with E-state index in [1.54, 1.807) is 32.1 Å². The van der Waals surface area contributed by atoms with E-state index in [1.807, 2.05) is 82.2 Å². The monoisotopic (exact) mass is 1530 g/mol. The second-order valence-corrected chi connectivity index (χ2v) is 34.2. The number of guanidine groups is 1. The highest BCUT2D eigenvalue weighted by atomic mass is 32.1. The summed E-state index contributed by atoms with van der Waals surface area (Å²) in [4.78, 5) is 67.4. The highest BCUT2D eigenvalue weighted by Gasteiger charge is 2.70. The predicted octanol–water partition coefficient (Wildman–Crippen LogP) is 12.2. The lowest BCUT2D eigenvalue weighted by Crippen LogP contribution is -2.59. The van der Waals surface area contributed by atoms with Gasteiger partial charge in [0.25, 0.3) is 11.8 Å². The van der Waals surface area contributed by atoms with Crippen LogP contribution in [0.15, 0.2) is 64.6 Å². The van der Waals surface area contributed by atoms with Crippen LogP contribution in [0.2, 0.25) is 0 Å². The number of methoxy groups -OCH3 is 3. The molecule has 0 bridgehead atoms. The van der Waals surface area contributed by atoms with Crippen LogP contribution in [0, 0.1) is 85.7 Å². The van der Waals surface area contributed by atoms with Gasteiger partial charge in [-0.3, -0.25) is 29.7 Å². The van der Waals surface area contributed by atoms with Crippen LogP contribution in [0.25, 0.3) is 0 Å². The molecular weight excluding hydrogens is 1410 g/mol. The van der Waals surface area contributed by atoms with Crippen LogP contribution in [-0.4, -0.2) is 162 Å². The van der Waals surface area contributed by atoms with Gasteiger partial charge in [-0.15, -0.1) is 0 Å². The number of rotatable bonds is 14. The highest BCUT2D eigenvalue weighted by Crippen LogP contribution is 2.66. The van der Waals surface area contributed by atoms with Gasteiger partial charge in [-0.05, 0) is 268 Å². The Bertz CT molecular complexity index is 3870. The van der Waals surface area contributed by atoms with Crippen LogP contribution >= 0.6 is 12.2 Å². The molecule has 5 aliphatic heterocycles. The number of benzene rings is 3. The quantitative estimate of drug-likeness (QED) is 0.0860. The molecule has 14 rings (SSSR count). The maximum absolute atomic E-state index is 14.5. The number of thiocarbonyl (C=S) groups is 1. The second-order valence-electron chi connectivity index (χ2n) is 33.8. The summed E-state index contributed by atoms with van der Waals surface area (Å²) in [6.07, 6.45) is 19.3. The first-order valence-electron chi connectivity index (χ1n) is 40.5. The third kappa shape index (κ3) is 16.3. The standard InChI is InChI=1S/C27H35N3O3.C26H34N4O3.C21H28N2O3.C12H22N2O3S/c1-4-21-14-26(10-7-24(21)32-3)15-22-6-5-20(16-28)13-23(22)27(26)25(31)30(18(2)29-27)17-19-8-11-33-12-9-19;1-3-19-13-25(9-6-22(19)32-2)14-20-5-4-18(15-27)12-21(20)26(25)23(31)30(24(28)29-26)16-17-7-10-33-11-8-17;1-4-15-11-20(9-8-18(15)25-3)12-16-7-6-14(13-22)10-17(16)21(20,23)19(24)26-5-2;1-12(2,3)17-11(15)14-10(18)13-8-9-4-6-16-7-5-9/h5-6,13,19,21,24H,4,7-12,14-15,17H2,1-3H3;4-5,12,17,19,22H,3,6-11,13-14,16H2,1-2H3,(H2,28,29);6-7,10,15,18H,4-5,8-9,11-12,23H2,1-3H3;9H,4-8H2,1-3H3,(H2,13,14,15,18)/t21-,24-,26-,27-;19-,22-,25-,26-;15-,18-,20-,21-;/m111./s1.